The number of allylic oxidation sites excluding steroid dienone is 2. The van der Waals surface area contributed by atoms with Gasteiger partial charge in [0.25, 0.3) is 0 Å². The van der Waals surface area contributed by atoms with Crippen LogP contribution in [0.4, 0.5) is 13.2 Å². The van der Waals surface area contributed by atoms with Crippen molar-refractivity contribution in [3.63, 3.8) is 0 Å². The van der Waals surface area contributed by atoms with E-state index < -0.39 is 18.0 Å². The molecule has 1 amide bonds. The fourth-order valence-corrected chi connectivity index (χ4v) is 3.20. The second kappa shape index (κ2) is 11.3. The summed E-state index contributed by atoms with van der Waals surface area (Å²) in [6, 6.07) is 5.13. The lowest BCUT2D eigenvalue weighted by molar-refractivity contribution is -0.274. The lowest BCUT2D eigenvalue weighted by Crippen LogP contribution is -2.38. The standard InChI is InChI=1S/C21H27F3N4O4/c1-2-31-20(30)15-8-10-28(11-9-15)18(26)7-6-17(25)27-19(29)13-14-4-3-5-16(12-14)32-21(22,23)24/h3-7,12,15H,2,8-11,13,25-26H2,1H3,(H,27,29)/b17-6+,18-7+. The number of halogens is 3. The lowest BCUT2D eigenvalue weighted by atomic mass is 9.97. The van der Waals surface area contributed by atoms with Crippen molar-refractivity contribution in [3.8, 4) is 5.75 Å². The monoisotopic (exact) mass is 456 g/mol. The summed E-state index contributed by atoms with van der Waals surface area (Å²) in [7, 11) is 0. The van der Waals surface area contributed by atoms with Gasteiger partial charge in [-0.05, 0) is 49.6 Å². The Bertz CT molecular complexity index is 863. The molecule has 0 atom stereocenters. The topological polar surface area (TPSA) is 120 Å². The average Bonchev–Trinajstić information content (AvgIpc) is 2.71. The SMILES string of the molecule is CCOC(=O)C1CCN(/C(N)=C/C=C(\N)NC(=O)Cc2cccc(OC(F)(F)F)c2)CC1. The third kappa shape index (κ3) is 8.40. The van der Waals surface area contributed by atoms with Crippen LogP contribution in [-0.4, -0.2) is 42.8 Å². The van der Waals surface area contributed by atoms with E-state index in [1.54, 1.807) is 6.92 Å². The van der Waals surface area contributed by atoms with Crippen molar-refractivity contribution in [3.05, 3.63) is 53.6 Å². The Morgan fingerprint density at radius 1 is 1.22 bits per heavy atom. The molecular formula is C21H27F3N4O4. The van der Waals surface area contributed by atoms with E-state index in [1.807, 2.05) is 4.90 Å². The van der Waals surface area contributed by atoms with Gasteiger partial charge in [-0.25, -0.2) is 0 Å². The van der Waals surface area contributed by atoms with Gasteiger partial charge in [0.1, 0.15) is 11.6 Å². The van der Waals surface area contributed by atoms with Gasteiger partial charge in [0.2, 0.25) is 5.91 Å². The molecule has 176 valence electrons. The molecule has 1 saturated heterocycles. The van der Waals surface area contributed by atoms with E-state index in [4.69, 9.17) is 16.2 Å². The van der Waals surface area contributed by atoms with E-state index >= 15 is 0 Å². The van der Waals surface area contributed by atoms with Gasteiger partial charge in [-0.15, -0.1) is 13.2 Å². The number of rotatable bonds is 8. The van der Waals surface area contributed by atoms with Crippen LogP contribution in [0.15, 0.2) is 48.1 Å². The molecule has 1 aromatic rings. The number of hydrogen-bond acceptors (Lipinski definition) is 7. The van der Waals surface area contributed by atoms with Gasteiger partial charge in [0.05, 0.1) is 24.8 Å². The van der Waals surface area contributed by atoms with E-state index in [9.17, 15) is 22.8 Å². The van der Waals surface area contributed by atoms with Crippen molar-refractivity contribution >= 4 is 11.9 Å². The molecule has 0 unspecified atom stereocenters. The first-order valence-electron chi connectivity index (χ1n) is 10.1. The minimum Gasteiger partial charge on any atom is -0.466 e. The normalized spacial score (nSPS) is 15.9. The number of esters is 1. The van der Waals surface area contributed by atoms with Crippen LogP contribution < -0.4 is 21.5 Å². The summed E-state index contributed by atoms with van der Waals surface area (Å²) in [6.07, 6.45) is -0.786. The zero-order valence-corrected chi connectivity index (χ0v) is 17.7. The number of piperidine rings is 1. The molecule has 0 spiro atoms. The molecule has 11 heteroatoms. The first-order valence-corrected chi connectivity index (χ1v) is 10.1. The van der Waals surface area contributed by atoms with Crippen molar-refractivity contribution in [2.45, 2.75) is 32.5 Å². The van der Waals surface area contributed by atoms with E-state index in [-0.39, 0.29) is 24.1 Å². The fraction of sp³-hybridized carbons (Fsp3) is 0.429. The molecule has 1 aromatic carbocycles. The number of carbonyl (C=O) groups excluding carboxylic acids is 2. The Morgan fingerprint density at radius 3 is 2.53 bits per heavy atom. The molecule has 0 radical (unpaired) electrons. The van der Waals surface area contributed by atoms with Crippen molar-refractivity contribution in [2.24, 2.45) is 17.4 Å². The van der Waals surface area contributed by atoms with E-state index in [2.05, 4.69) is 10.1 Å². The number of ether oxygens (including phenoxy) is 2. The Kier molecular flexibility index (Phi) is 8.80. The van der Waals surface area contributed by atoms with Crippen LogP contribution in [0.1, 0.15) is 25.3 Å². The second-order valence-corrected chi connectivity index (χ2v) is 7.15. The number of hydrogen-bond donors (Lipinski definition) is 3. The van der Waals surface area contributed by atoms with Crippen LogP contribution in [0.3, 0.4) is 0 Å². The molecule has 1 aliphatic rings. The summed E-state index contributed by atoms with van der Waals surface area (Å²) in [5.41, 5.74) is 12.2. The number of nitrogens with one attached hydrogen (secondary N) is 1. The minimum absolute atomic E-state index is 0.0297. The second-order valence-electron chi connectivity index (χ2n) is 7.15. The maximum absolute atomic E-state index is 12.3. The van der Waals surface area contributed by atoms with Crippen LogP contribution in [0.5, 0.6) is 5.75 Å². The van der Waals surface area contributed by atoms with Gasteiger partial charge in [-0.3, -0.25) is 9.59 Å². The summed E-state index contributed by atoms with van der Waals surface area (Å²) < 4.78 is 45.8. The summed E-state index contributed by atoms with van der Waals surface area (Å²) >= 11 is 0. The predicted octanol–water partition coefficient (Wildman–Crippen LogP) is 2.12. The van der Waals surface area contributed by atoms with E-state index in [1.165, 1.54) is 24.3 Å². The molecule has 2 rings (SSSR count). The predicted molar refractivity (Wildman–Crippen MR) is 110 cm³/mol. The number of carbonyl (C=O) groups is 2. The van der Waals surface area contributed by atoms with Crippen molar-refractivity contribution in [1.82, 2.24) is 10.2 Å². The quantitative estimate of drug-likeness (QED) is 0.405. The molecule has 1 fully saturated rings. The van der Waals surface area contributed by atoms with E-state index in [0.29, 0.717) is 43.9 Å². The fourth-order valence-electron chi connectivity index (χ4n) is 3.20. The number of benzene rings is 1. The maximum atomic E-state index is 12.3. The summed E-state index contributed by atoms with van der Waals surface area (Å²) in [6.45, 7) is 3.29. The summed E-state index contributed by atoms with van der Waals surface area (Å²) in [5.74, 6) is -0.793. The zero-order chi connectivity index (χ0) is 23.7. The number of alkyl halides is 3. The highest BCUT2D eigenvalue weighted by Gasteiger charge is 2.31. The van der Waals surface area contributed by atoms with Gasteiger partial charge < -0.3 is 31.2 Å². The Balaban J connectivity index is 1.85. The largest absolute Gasteiger partial charge is 0.573 e. The van der Waals surface area contributed by atoms with Gasteiger partial charge in [0, 0.05) is 13.1 Å². The molecule has 32 heavy (non-hydrogen) atoms. The number of nitrogens with two attached hydrogens (primary N) is 2. The maximum Gasteiger partial charge on any atom is 0.573 e. The third-order valence-electron chi connectivity index (χ3n) is 4.69. The van der Waals surface area contributed by atoms with Gasteiger partial charge >= 0.3 is 12.3 Å². The number of nitrogens with zero attached hydrogens (tertiary/aromatic N) is 1. The van der Waals surface area contributed by atoms with Gasteiger partial charge in [-0.1, -0.05) is 12.1 Å². The Labute approximate surface area is 184 Å². The molecule has 1 heterocycles. The first-order chi connectivity index (χ1) is 15.1. The zero-order valence-electron chi connectivity index (χ0n) is 17.7. The molecule has 8 nitrogen and oxygen atoms in total. The molecule has 1 aliphatic heterocycles. The Morgan fingerprint density at radius 2 is 1.91 bits per heavy atom. The molecule has 0 saturated carbocycles. The van der Waals surface area contributed by atoms with Crippen molar-refractivity contribution in [1.29, 1.82) is 0 Å². The van der Waals surface area contributed by atoms with Crippen molar-refractivity contribution in [2.75, 3.05) is 19.7 Å². The number of likely N-dealkylation sites (tertiary alicyclic amines) is 1. The first kappa shape index (κ1) is 24.9. The minimum atomic E-state index is -4.81. The van der Waals surface area contributed by atoms with Crippen LogP contribution >= 0.6 is 0 Å². The van der Waals surface area contributed by atoms with Crippen molar-refractivity contribution < 1.29 is 32.2 Å². The highest BCUT2D eigenvalue weighted by molar-refractivity contribution is 5.80. The average molecular weight is 456 g/mol. The van der Waals surface area contributed by atoms with Crippen LogP contribution in [0.25, 0.3) is 0 Å². The lowest BCUT2D eigenvalue weighted by Gasteiger charge is -2.32. The summed E-state index contributed by atoms with van der Waals surface area (Å²) in [4.78, 5) is 25.8. The molecular weight excluding hydrogens is 429 g/mol. The third-order valence-corrected chi connectivity index (χ3v) is 4.69. The molecule has 0 bridgehead atoms. The Hall–Kier alpha value is -3.37. The highest BCUT2D eigenvalue weighted by atomic mass is 19.4. The van der Waals surface area contributed by atoms with Gasteiger partial charge in [-0.2, -0.15) is 0 Å². The highest BCUT2D eigenvalue weighted by Crippen LogP contribution is 2.23. The molecule has 5 N–H and O–H groups in total. The molecule has 0 aromatic heterocycles. The van der Waals surface area contributed by atoms with E-state index in [0.717, 1.165) is 12.1 Å². The van der Waals surface area contributed by atoms with Crippen LogP contribution in [-0.2, 0) is 20.7 Å². The number of amides is 1. The van der Waals surface area contributed by atoms with Crippen LogP contribution in [0.2, 0.25) is 0 Å². The van der Waals surface area contributed by atoms with Gasteiger partial charge in [0.15, 0.2) is 0 Å². The smallest absolute Gasteiger partial charge is 0.466 e. The molecule has 0 aliphatic carbocycles. The summed E-state index contributed by atoms with van der Waals surface area (Å²) in [5, 5.41) is 2.45. The van der Waals surface area contributed by atoms with Crippen LogP contribution in [0, 0.1) is 5.92 Å².